The molecule has 0 saturated heterocycles. The van der Waals surface area contributed by atoms with Crippen molar-refractivity contribution in [1.82, 2.24) is 4.90 Å². The maximum atomic E-state index is 13.6. The van der Waals surface area contributed by atoms with Gasteiger partial charge in [0, 0.05) is 18.7 Å². The number of rotatable bonds is 18. The fraction of sp³-hybridized carbons (Fsp3) is 0.583. The van der Waals surface area contributed by atoms with Crippen LogP contribution in [-0.4, -0.2) is 24.1 Å². The summed E-state index contributed by atoms with van der Waals surface area (Å²) in [5, 5.41) is 4.70. The molecule has 0 radical (unpaired) electrons. The van der Waals surface area contributed by atoms with Crippen molar-refractivity contribution in [3.63, 3.8) is 0 Å². The fourth-order valence-electron chi connectivity index (χ4n) is 5.84. The molecule has 3 rings (SSSR count). The minimum Gasteiger partial charge on any atom is -0.444 e. The Morgan fingerprint density at radius 3 is 1.64 bits per heavy atom. The van der Waals surface area contributed by atoms with Gasteiger partial charge in [-0.3, -0.25) is 0 Å². The van der Waals surface area contributed by atoms with E-state index < -0.39 is 0 Å². The van der Waals surface area contributed by atoms with Crippen LogP contribution in [0.25, 0.3) is 21.5 Å². The van der Waals surface area contributed by atoms with Gasteiger partial charge in [0.25, 0.3) is 0 Å². The Hall–Kier alpha value is -2.55. The molecular weight excluding hydrogens is 478 g/mol. The molecule has 0 N–H and O–H groups in total. The number of benzene rings is 3. The molecule has 0 aliphatic carbocycles. The van der Waals surface area contributed by atoms with Crippen molar-refractivity contribution >= 4 is 27.6 Å². The third-order valence-electron chi connectivity index (χ3n) is 8.15. The Morgan fingerprint density at radius 2 is 1.15 bits per heavy atom. The summed E-state index contributed by atoms with van der Waals surface area (Å²) >= 11 is 0. The van der Waals surface area contributed by atoms with Gasteiger partial charge in [-0.2, -0.15) is 0 Å². The fourth-order valence-corrected chi connectivity index (χ4v) is 5.84. The van der Waals surface area contributed by atoms with Crippen molar-refractivity contribution in [3.8, 4) is 0 Å². The van der Waals surface area contributed by atoms with E-state index in [1.54, 1.807) is 0 Å². The number of carbonyl (C=O) groups excluding carboxylic acids is 1. The van der Waals surface area contributed by atoms with Crippen molar-refractivity contribution in [1.29, 1.82) is 0 Å². The van der Waals surface area contributed by atoms with Crippen molar-refractivity contribution < 1.29 is 9.53 Å². The average Bonchev–Trinajstić information content (AvgIpc) is 2.94. The zero-order valence-corrected chi connectivity index (χ0v) is 25.2. The summed E-state index contributed by atoms with van der Waals surface area (Å²) < 4.78 is 6.11. The smallest absolute Gasteiger partial charge is 0.410 e. The van der Waals surface area contributed by atoms with Crippen molar-refractivity contribution in [3.05, 3.63) is 60.2 Å². The Labute approximate surface area is 238 Å². The molecule has 3 aromatic rings. The van der Waals surface area contributed by atoms with Gasteiger partial charge in [-0.1, -0.05) is 140 Å². The SMILES string of the molecule is CCCCCCCC(C)CN(CC(C)CCCCCCC)C(=O)OCc1c2ccccc2cc2ccccc12. The highest BCUT2D eigenvalue weighted by atomic mass is 16.6. The second-order valence-corrected chi connectivity index (χ2v) is 11.9. The molecule has 0 fully saturated rings. The maximum Gasteiger partial charge on any atom is 0.410 e. The summed E-state index contributed by atoms with van der Waals surface area (Å²) in [5.74, 6) is 0.962. The van der Waals surface area contributed by atoms with Crippen molar-refractivity contribution in [2.45, 2.75) is 111 Å². The molecule has 39 heavy (non-hydrogen) atoms. The van der Waals surface area contributed by atoms with E-state index in [4.69, 9.17) is 4.74 Å². The molecule has 0 heterocycles. The Balaban J connectivity index is 1.67. The summed E-state index contributed by atoms with van der Waals surface area (Å²) in [6.45, 7) is 11.0. The average molecular weight is 532 g/mol. The molecule has 3 heteroatoms. The number of nitrogens with zero attached hydrogens (tertiary/aromatic N) is 1. The molecule has 2 atom stereocenters. The molecule has 3 aromatic carbocycles. The lowest BCUT2D eigenvalue weighted by atomic mass is 9.97. The lowest BCUT2D eigenvalue weighted by molar-refractivity contribution is 0.0848. The molecule has 1 amide bonds. The highest BCUT2D eigenvalue weighted by Crippen LogP contribution is 2.29. The van der Waals surface area contributed by atoms with Gasteiger partial charge in [-0.25, -0.2) is 4.79 Å². The number of carbonyl (C=O) groups is 1. The molecule has 0 aliphatic rings. The summed E-state index contributed by atoms with van der Waals surface area (Å²) in [6.07, 6.45) is 15.1. The Morgan fingerprint density at radius 1 is 0.692 bits per heavy atom. The van der Waals surface area contributed by atoms with Crippen molar-refractivity contribution in [2.75, 3.05) is 13.1 Å². The number of amides is 1. The first-order valence-electron chi connectivity index (χ1n) is 15.8. The van der Waals surface area contributed by atoms with Crippen LogP contribution >= 0.6 is 0 Å². The van der Waals surface area contributed by atoms with E-state index in [9.17, 15) is 4.79 Å². The zero-order valence-electron chi connectivity index (χ0n) is 25.2. The standard InChI is InChI=1S/C36H53NO2/c1-5-7-9-11-13-19-29(3)26-37(27-30(4)20-14-12-10-8-6-2)36(38)39-28-35-33-23-17-15-21-31(33)25-32-22-16-18-24-34(32)35/h15-18,21-25,29-30H,5-14,19-20,26-28H2,1-4H3. The van der Waals surface area contributed by atoms with Gasteiger partial charge < -0.3 is 9.64 Å². The van der Waals surface area contributed by atoms with Crippen LogP contribution in [0.3, 0.4) is 0 Å². The van der Waals surface area contributed by atoms with E-state index in [2.05, 4.69) is 82.3 Å². The summed E-state index contributed by atoms with van der Waals surface area (Å²) in [7, 11) is 0. The molecule has 2 unspecified atom stereocenters. The van der Waals surface area contributed by atoms with E-state index >= 15 is 0 Å². The second kappa shape index (κ2) is 17.2. The zero-order chi connectivity index (χ0) is 27.9. The second-order valence-electron chi connectivity index (χ2n) is 11.9. The number of fused-ring (bicyclic) bond motifs is 2. The molecule has 0 saturated carbocycles. The first kappa shape index (κ1) is 31.0. The number of hydrogen-bond acceptors (Lipinski definition) is 2. The van der Waals surface area contributed by atoms with Crippen LogP contribution in [0.1, 0.15) is 110 Å². The van der Waals surface area contributed by atoms with Gasteiger partial charge in [0.05, 0.1) is 0 Å². The summed E-state index contributed by atoms with van der Waals surface area (Å²) in [4.78, 5) is 15.6. The molecule has 214 valence electrons. The van der Waals surface area contributed by atoms with E-state index in [0.717, 1.165) is 29.4 Å². The Kier molecular flexibility index (Phi) is 13.7. The molecule has 0 aromatic heterocycles. The summed E-state index contributed by atoms with van der Waals surface area (Å²) in [6, 6.07) is 19.1. The van der Waals surface area contributed by atoms with Gasteiger partial charge in [-0.05, 0) is 52.3 Å². The third kappa shape index (κ3) is 10.2. The van der Waals surface area contributed by atoms with Crippen LogP contribution in [0.5, 0.6) is 0 Å². The normalized spacial score (nSPS) is 13.0. The minimum absolute atomic E-state index is 0.164. The van der Waals surface area contributed by atoms with Crippen molar-refractivity contribution in [2.24, 2.45) is 11.8 Å². The van der Waals surface area contributed by atoms with Gasteiger partial charge in [0.2, 0.25) is 0 Å². The van der Waals surface area contributed by atoms with Gasteiger partial charge in [0.1, 0.15) is 6.61 Å². The van der Waals surface area contributed by atoms with E-state index in [1.807, 2.05) is 4.90 Å². The molecule has 0 spiro atoms. The van der Waals surface area contributed by atoms with E-state index in [0.29, 0.717) is 18.4 Å². The van der Waals surface area contributed by atoms with Gasteiger partial charge >= 0.3 is 6.09 Å². The lowest BCUT2D eigenvalue weighted by Gasteiger charge is -2.28. The first-order valence-corrected chi connectivity index (χ1v) is 15.8. The van der Waals surface area contributed by atoms with Crippen LogP contribution in [0, 0.1) is 11.8 Å². The molecule has 0 bridgehead atoms. The monoisotopic (exact) mass is 531 g/mol. The van der Waals surface area contributed by atoms with Crippen LogP contribution < -0.4 is 0 Å². The number of hydrogen-bond donors (Lipinski definition) is 0. The van der Waals surface area contributed by atoms with Gasteiger partial charge in [-0.15, -0.1) is 0 Å². The highest BCUT2D eigenvalue weighted by molar-refractivity contribution is 6.02. The highest BCUT2D eigenvalue weighted by Gasteiger charge is 2.21. The Bertz CT molecular complexity index is 1050. The lowest BCUT2D eigenvalue weighted by Crippen LogP contribution is -2.38. The third-order valence-corrected chi connectivity index (χ3v) is 8.15. The predicted octanol–water partition coefficient (Wildman–Crippen LogP) is 10.9. The van der Waals surface area contributed by atoms with Crippen LogP contribution in [0.2, 0.25) is 0 Å². The maximum absolute atomic E-state index is 13.6. The van der Waals surface area contributed by atoms with Crippen LogP contribution in [0.15, 0.2) is 54.6 Å². The molecular formula is C36H53NO2. The van der Waals surface area contributed by atoms with Gasteiger partial charge in [0.15, 0.2) is 0 Å². The summed E-state index contributed by atoms with van der Waals surface area (Å²) in [5.41, 5.74) is 1.10. The number of ether oxygens (including phenoxy) is 1. The van der Waals surface area contributed by atoms with E-state index in [1.165, 1.54) is 87.8 Å². The molecule has 3 nitrogen and oxygen atoms in total. The number of unbranched alkanes of at least 4 members (excludes halogenated alkanes) is 8. The van der Waals surface area contributed by atoms with E-state index in [-0.39, 0.29) is 6.09 Å². The first-order chi connectivity index (χ1) is 19.0. The minimum atomic E-state index is -0.164. The van der Waals surface area contributed by atoms with Crippen LogP contribution in [0.4, 0.5) is 4.79 Å². The topological polar surface area (TPSA) is 29.5 Å². The quantitative estimate of drug-likeness (QED) is 0.121. The predicted molar refractivity (Wildman–Crippen MR) is 168 cm³/mol. The van der Waals surface area contributed by atoms with Crippen LogP contribution in [-0.2, 0) is 11.3 Å². The largest absolute Gasteiger partial charge is 0.444 e. The molecule has 0 aliphatic heterocycles.